The van der Waals surface area contributed by atoms with Crippen LogP contribution in [0.3, 0.4) is 0 Å². The van der Waals surface area contributed by atoms with Gasteiger partial charge in [0, 0.05) is 36.6 Å². The van der Waals surface area contributed by atoms with Gasteiger partial charge in [-0.3, -0.25) is 4.79 Å². The van der Waals surface area contributed by atoms with Gasteiger partial charge in [0.1, 0.15) is 10.8 Å². The van der Waals surface area contributed by atoms with Crippen LogP contribution in [0.5, 0.6) is 5.75 Å². The van der Waals surface area contributed by atoms with E-state index in [1.165, 1.54) is 0 Å². The van der Waals surface area contributed by atoms with Crippen molar-refractivity contribution in [2.75, 3.05) is 26.2 Å². The zero-order valence-corrected chi connectivity index (χ0v) is 14.9. The molecule has 2 aromatic rings. The number of nitrogens with one attached hydrogen (secondary N) is 1. The molecule has 1 aliphatic heterocycles. The molecule has 128 valence electrons. The fourth-order valence-electron chi connectivity index (χ4n) is 2.85. The lowest BCUT2D eigenvalue weighted by Gasteiger charge is -2.33. The molecule has 1 fully saturated rings. The maximum atomic E-state index is 12.5. The number of carbonyl (C=O) groups excluding carboxylic acids is 1. The van der Waals surface area contributed by atoms with Crippen LogP contribution in [0.4, 0.5) is 0 Å². The zero-order chi connectivity index (χ0) is 16.9. The minimum Gasteiger partial charge on any atom is -0.494 e. The smallest absolute Gasteiger partial charge is 0.228 e. The summed E-state index contributed by atoms with van der Waals surface area (Å²) in [6.07, 6.45) is 0.373. The summed E-state index contributed by atoms with van der Waals surface area (Å²) in [7, 11) is 0. The monoisotopic (exact) mass is 345 g/mol. The third-order valence-corrected chi connectivity index (χ3v) is 5.06. The van der Waals surface area contributed by atoms with Crippen molar-refractivity contribution in [1.82, 2.24) is 15.2 Å². The summed E-state index contributed by atoms with van der Waals surface area (Å²) < 4.78 is 5.46. The van der Waals surface area contributed by atoms with E-state index in [4.69, 9.17) is 4.74 Å². The van der Waals surface area contributed by atoms with Crippen molar-refractivity contribution in [3.63, 3.8) is 0 Å². The second-order valence-corrected chi connectivity index (χ2v) is 6.78. The molecule has 5 nitrogen and oxygen atoms in total. The second kappa shape index (κ2) is 7.77. The molecular weight excluding hydrogens is 322 g/mol. The number of ether oxygens (including phenoxy) is 1. The van der Waals surface area contributed by atoms with E-state index in [1.54, 1.807) is 11.3 Å². The largest absolute Gasteiger partial charge is 0.494 e. The molecule has 1 aliphatic rings. The lowest BCUT2D eigenvalue weighted by molar-refractivity contribution is -0.133. The van der Waals surface area contributed by atoms with E-state index < -0.39 is 0 Å². The minimum atomic E-state index is 0.160. The molecule has 1 aromatic heterocycles. The van der Waals surface area contributed by atoms with Crippen molar-refractivity contribution < 1.29 is 9.53 Å². The molecule has 0 aliphatic carbocycles. The summed E-state index contributed by atoms with van der Waals surface area (Å²) in [5, 5.41) is 6.23. The van der Waals surface area contributed by atoms with Gasteiger partial charge in [-0.1, -0.05) is 0 Å². The van der Waals surface area contributed by atoms with E-state index in [0.717, 1.165) is 41.6 Å². The highest BCUT2D eigenvalue weighted by Crippen LogP contribution is 2.26. The number of thiazole rings is 1. The van der Waals surface area contributed by atoms with E-state index in [-0.39, 0.29) is 11.9 Å². The quantitative estimate of drug-likeness (QED) is 0.905. The van der Waals surface area contributed by atoms with Crippen LogP contribution in [0.15, 0.2) is 29.6 Å². The van der Waals surface area contributed by atoms with Crippen LogP contribution in [-0.4, -0.2) is 48.1 Å². The number of hydrogen-bond acceptors (Lipinski definition) is 5. The van der Waals surface area contributed by atoms with Crippen LogP contribution < -0.4 is 10.1 Å². The first-order valence-electron chi connectivity index (χ1n) is 8.35. The first kappa shape index (κ1) is 16.9. The summed E-state index contributed by atoms with van der Waals surface area (Å²) in [5.41, 5.74) is 1.90. The third kappa shape index (κ3) is 3.94. The average Bonchev–Trinajstić information content (AvgIpc) is 3.04. The van der Waals surface area contributed by atoms with Crippen LogP contribution in [0.25, 0.3) is 10.6 Å². The number of carbonyl (C=O) groups is 1. The molecule has 1 atom stereocenters. The average molecular weight is 345 g/mol. The minimum absolute atomic E-state index is 0.160. The van der Waals surface area contributed by atoms with Gasteiger partial charge in [-0.05, 0) is 38.1 Å². The first-order chi connectivity index (χ1) is 11.7. The maximum absolute atomic E-state index is 12.5. The molecular formula is C18H23N3O2S. The first-order valence-corrected chi connectivity index (χ1v) is 9.23. The summed E-state index contributed by atoms with van der Waals surface area (Å²) in [4.78, 5) is 19.1. The fourth-order valence-corrected chi connectivity index (χ4v) is 3.68. The Balaban J connectivity index is 1.65. The van der Waals surface area contributed by atoms with Crippen LogP contribution >= 0.6 is 11.3 Å². The number of hydrogen-bond donors (Lipinski definition) is 1. The molecule has 0 spiro atoms. The zero-order valence-electron chi connectivity index (χ0n) is 14.1. The number of amides is 1. The normalized spacial score (nSPS) is 17.8. The summed E-state index contributed by atoms with van der Waals surface area (Å²) in [6, 6.07) is 8.17. The van der Waals surface area contributed by atoms with Gasteiger partial charge in [0.05, 0.1) is 18.7 Å². The van der Waals surface area contributed by atoms with Gasteiger partial charge in [-0.2, -0.15) is 0 Å². The molecule has 0 bridgehead atoms. The van der Waals surface area contributed by atoms with Gasteiger partial charge in [-0.15, -0.1) is 11.3 Å². The van der Waals surface area contributed by atoms with E-state index >= 15 is 0 Å². The molecule has 0 saturated carbocycles. The van der Waals surface area contributed by atoms with Crippen LogP contribution in [0.2, 0.25) is 0 Å². The van der Waals surface area contributed by atoms with Crippen LogP contribution in [-0.2, 0) is 11.2 Å². The molecule has 1 unspecified atom stereocenters. The van der Waals surface area contributed by atoms with Crippen molar-refractivity contribution in [3.8, 4) is 16.3 Å². The molecule has 0 radical (unpaired) electrons. The Labute approximate surface area is 146 Å². The topological polar surface area (TPSA) is 54.5 Å². The van der Waals surface area contributed by atoms with E-state index in [1.807, 2.05) is 41.5 Å². The third-order valence-electron chi connectivity index (χ3n) is 4.12. The van der Waals surface area contributed by atoms with Gasteiger partial charge in [0.25, 0.3) is 0 Å². The number of benzene rings is 1. The fraction of sp³-hybridized carbons (Fsp3) is 0.444. The molecule has 6 heteroatoms. The van der Waals surface area contributed by atoms with E-state index in [0.29, 0.717) is 13.0 Å². The number of piperazine rings is 1. The van der Waals surface area contributed by atoms with Crippen molar-refractivity contribution in [1.29, 1.82) is 0 Å². The Bertz CT molecular complexity index is 684. The van der Waals surface area contributed by atoms with Crippen LogP contribution in [0, 0.1) is 0 Å². The predicted molar refractivity (Wildman–Crippen MR) is 96.5 cm³/mol. The Morgan fingerprint density at radius 1 is 1.42 bits per heavy atom. The van der Waals surface area contributed by atoms with E-state index in [2.05, 4.69) is 17.2 Å². The van der Waals surface area contributed by atoms with Crippen molar-refractivity contribution in [3.05, 3.63) is 35.3 Å². The predicted octanol–water partition coefficient (Wildman–Crippen LogP) is 2.57. The standard InChI is InChI=1S/C18H23N3O2S/c1-3-23-16-6-4-14(5-7-16)18-20-15(12-24-18)10-17(22)21-9-8-19-11-13(21)2/h4-7,12-13,19H,3,8-11H2,1-2H3. The van der Waals surface area contributed by atoms with Crippen LogP contribution in [0.1, 0.15) is 19.5 Å². The lowest BCUT2D eigenvalue weighted by atomic mass is 10.2. The van der Waals surface area contributed by atoms with Gasteiger partial charge in [0.2, 0.25) is 5.91 Å². The summed E-state index contributed by atoms with van der Waals surface area (Å²) in [6.45, 7) is 7.21. The molecule has 24 heavy (non-hydrogen) atoms. The molecule has 1 amide bonds. The van der Waals surface area contributed by atoms with Crippen molar-refractivity contribution >= 4 is 17.2 Å². The Morgan fingerprint density at radius 2 is 2.21 bits per heavy atom. The molecule has 3 rings (SSSR count). The number of aromatic nitrogens is 1. The Kier molecular flexibility index (Phi) is 5.48. The molecule has 1 N–H and O–H groups in total. The van der Waals surface area contributed by atoms with Gasteiger partial charge in [-0.25, -0.2) is 4.98 Å². The highest BCUT2D eigenvalue weighted by atomic mass is 32.1. The van der Waals surface area contributed by atoms with Gasteiger partial charge in [0.15, 0.2) is 0 Å². The Hall–Kier alpha value is -1.92. The second-order valence-electron chi connectivity index (χ2n) is 5.92. The van der Waals surface area contributed by atoms with Gasteiger partial charge < -0.3 is 15.0 Å². The number of nitrogens with zero attached hydrogens (tertiary/aromatic N) is 2. The maximum Gasteiger partial charge on any atom is 0.228 e. The SMILES string of the molecule is CCOc1ccc(-c2nc(CC(=O)N3CCNCC3C)cs2)cc1. The number of rotatable bonds is 5. The molecule has 2 heterocycles. The molecule has 1 saturated heterocycles. The van der Waals surface area contributed by atoms with Crippen molar-refractivity contribution in [2.24, 2.45) is 0 Å². The lowest BCUT2D eigenvalue weighted by Crippen LogP contribution is -2.52. The highest BCUT2D eigenvalue weighted by Gasteiger charge is 2.23. The van der Waals surface area contributed by atoms with E-state index in [9.17, 15) is 4.79 Å². The Morgan fingerprint density at radius 3 is 2.92 bits per heavy atom. The van der Waals surface area contributed by atoms with Crippen molar-refractivity contribution in [2.45, 2.75) is 26.3 Å². The van der Waals surface area contributed by atoms with Gasteiger partial charge >= 0.3 is 0 Å². The summed E-state index contributed by atoms with van der Waals surface area (Å²) >= 11 is 1.58. The molecule has 1 aromatic carbocycles. The highest BCUT2D eigenvalue weighted by molar-refractivity contribution is 7.13. The summed E-state index contributed by atoms with van der Waals surface area (Å²) in [5.74, 6) is 1.02.